The molecule has 2 saturated carbocycles. The minimum atomic E-state index is 0.169. The second-order valence-corrected chi connectivity index (χ2v) is 7.26. The molecule has 1 amide bonds. The van der Waals surface area contributed by atoms with Crippen molar-refractivity contribution in [3.8, 4) is 5.75 Å². The first-order valence-electron chi connectivity index (χ1n) is 9.39. The van der Waals surface area contributed by atoms with Crippen molar-refractivity contribution in [2.45, 2.75) is 57.5 Å². The molecular weight excluding hydrogens is 300 g/mol. The summed E-state index contributed by atoms with van der Waals surface area (Å²) in [5, 5.41) is 3.17. The lowest BCUT2D eigenvalue weighted by atomic mass is 9.89. The Morgan fingerprint density at radius 1 is 1.17 bits per heavy atom. The smallest absolute Gasteiger partial charge is 0.234 e. The van der Waals surface area contributed by atoms with E-state index in [4.69, 9.17) is 4.74 Å². The molecule has 3 rings (SSSR count). The van der Waals surface area contributed by atoms with Crippen LogP contribution in [0, 0.1) is 5.92 Å². The average molecular weight is 330 g/mol. The Kier molecular flexibility index (Phi) is 6.13. The number of benzene rings is 1. The molecule has 0 heterocycles. The first-order chi connectivity index (χ1) is 11.8. The van der Waals surface area contributed by atoms with Gasteiger partial charge in [0.05, 0.1) is 13.7 Å². The second kappa shape index (κ2) is 8.52. The zero-order valence-corrected chi connectivity index (χ0v) is 14.8. The molecular formula is C20H30N2O2. The largest absolute Gasteiger partial charge is 0.496 e. The van der Waals surface area contributed by atoms with Crippen LogP contribution in [-0.2, 0) is 11.3 Å². The van der Waals surface area contributed by atoms with Crippen LogP contribution >= 0.6 is 0 Å². The van der Waals surface area contributed by atoms with Crippen LogP contribution in [-0.4, -0.2) is 37.0 Å². The molecule has 1 N–H and O–H groups in total. The highest BCUT2D eigenvalue weighted by Crippen LogP contribution is 2.30. The molecule has 1 aromatic rings. The molecule has 24 heavy (non-hydrogen) atoms. The maximum absolute atomic E-state index is 12.4. The molecule has 2 aliphatic carbocycles. The Morgan fingerprint density at radius 3 is 2.62 bits per heavy atom. The number of hydrogen-bond acceptors (Lipinski definition) is 3. The lowest BCUT2D eigenvalue weighted by molar-refractivity contribution is -0.122. The van der Waals surface area contributed by atoms with E-state index in [0.29, 0.717) is 18.5 Å². The summed E-state index contributed by atoms with van der Waals surface area (Å²) in [6.07, 6.45) is 8.95. The van der Waals surface area contributed by atoms with E-state index in [1.807, 2.05) is 18.2 Å². The van der Waals surface area contributed by atoms with E-state index in [0.717, 1.165) is 24.4 Å². The van der Waals surface area contributed by atoms with Crippen molar-refractivity contribution in [2.75, 3.05) is 20.2 Å². The number of para-hydroxylation sites is 1. The van der Waals surface area contributed by atoms with Gasteiger partial charge < -0.3 is 10.1 Å². The van der Waals surface area contributed by atoms with Crippen molar-refractivity contribution < 1.29 is 9.53 Å². The summed E-state index contributed by atoms with van der Waals surface area (Å²) in [7, 11) is 1.71. The summed E-state index contributed by atoms with van der Waals surface area (Å²) in [6.45, 7) is 2.13. The number of ether oxygens (including phenoxy) is 1. The summed E-state index contributed by atoms with van der Waals surface area (Å²) in [6, 6.07) is 8.65. The van der Waals surface area contributed by atoms with Crippen LogP contribution in [0.4, 0.5) is 0 Å². The molecule has 132 valence electrons. The molecule has 0 unspecified atom stereocenters. The van der Waals surface area contributed by atoms with Gasteiger partial charge in [-0.05, 0) is 37.7 Å². The number of amides is 1. The third-order valence-corrected chi connectivity index (χ3v) is 5.29. The fourth-order valence-corrected chi connectivity index (χ4v) is 3.70. The first kappa shape index (κ1) is 17.3. The van der Waals surface area contributed by atoms with Gasteiger partial charge in [-0.15, -0.1) is 0 Å². The van der Waals surface area contributed by atoms with Gasteiger partial charge in [0.1, 0.15) is 5.75 Å². The van der Waals surface area contributed by atoms with Crippen molar-refractivity contribution in [2.24, 2.45) is 5.92 Å². The molecule has 4 heteroatoms. The molecule has 0 radical (unpaired) electrons. The van der Waals surface area contributed by atoms with Crippen molar-refractivity contribution in [1.82, 2.24) is 10.2 Å². The normalized spacial score (nSPS) is 18.6. The molecule has 2 fully saturated rings. The van der Waals surface area contributed by atoms with E-state index >= 15 is 0 Å². The lowest BCUT2D eigenvalue weighted by Gasteiger charge is -2.25. The SMILES string of the molecule is COc1ccccc1CN(CC(=O)NCC1CCCCC1)C1CC1. The van der Waals surface area contributed by atoms with Crippen molar-refractivity contribution in [3.05, 3.63) is 29.8 Å². The quantitative estimate of drug-likeness (QED) is 0.795. The highest BCUT2D eigenvalue weighted by atomic mass is 16.5. The third kappa shape index (κ3) is 4.97. The van der Waals surface area contributed by atoms with E-state index in [9.17, 15) is 4.79 Å². The number of nitrogens with zero attached hydrogens (tertiary/aromatic N) is 1. The summed E-state index contributed by atoms with van der Waals surface area (Å²) in [5.74, 6) is 1.76. The van der Waals surface area contributed by atoms with Gasteiger partial charge in [0, 0.05) is 24.7 Å². The summed E-state index contributed by atoms with van der Waals surface area (Å²) >= 11 is 0. The Balaban J connectivity index is 1.51. The van der Waals surface area contributed by atoms with Gasteiger partial charge in [0.2, 0.25) is 5.91 Å². The monoisotopic (exact) mass is 330 g/mol. The van der Waals surface area contributed by atoms with E-state index in [2.05, 4.69) is 16.3 Å². The molecule has 1 aromatic carbocycles. The summed E-state index contributed by atoms with van der Waals surface area (Å²) in [5.41, 5.74) is 1.16. The number of methoxy groups -OCH3 is 1. The van der Waals surface area contributed by atoms with Crippen molar-refractivity contribution in [1.29, 1.82) is 0 Å². The van der Waals surface area contributed by atoms with Crippen LogP contribution in [0.25, 0.3) is 0 Å². The number of carbonyl (C=O) groups excluding carboxylic acids is 1. The van der Waals surface area contributed by atoms with Gasteiger partial charge >= 0.3 is 0 Å². The summed E-state index contributed by atoms with van der Waals surface area (Å²) < 4.78 is 5.45. The molecule has 2 aliphatic rings. The highest BCUT2D eigenvalue weighted by molar-refractivity contribution is 5.78. The van der Waals surface area contributed by atoms with E-state index < -0.39 is 0 Å². The van der Waals surface area contributed by atoms with Crippen LogP contribution in [0.1, 0.15) is 50.5 Å². The molecule has 0 bridgehead atoms. The van der Waals surface area contributed by atoms with Gasteiger partial charge in [-0.3, -0.25) is 9.69 Å². The molecule has 0 spiro atoms. The highest BCUT2D eigenvalue weighted by Gasteiger charge is 2.30. The maximum Gasteiger partial charge on any atom is 0.234 e. The number of hydrogen-bond donors (Lipinski definition) is 1. The Labute approximate surface area is 145 Å². The standard InChI is InChI=1S/C20H30N2O2/c1-24-19-10-6-5-9-17(19)14-22(18-11-12-18)15-20(23)21-13-16-7-3-2-4-8-16/h5-6,9-10,16,18H,2-4,7-8,11-15H2,1H3,(H,21,23). The van der Waals surface area contributed by atoms with Crippen LogP contribution in [0.2, 0.25) is 0 Å². The maximum atomic E-state index is 12.4. The van der Waals surface area contributed by atoms with Gasteiger partial charge in [0.25, 0.3) is 0 Å². The topological polar surface area (TPSA) is 41.6 Å². The fourth-order valence-electron chi connectivity index (χ4n) is 3.70. The molecule has 4 nitrogen and oxygen atoms in total. The van der Waals surface area contributed by atoms with Crippen molar-refractivity contribution >= 4 is 5.91 Å². The number of rotatable bonds is 8. The zero-order chi connectivity index (χ0) is 16.8. The van der Waals surface area contributed by atoms with E-state index in [1.165, 1.54) is 44.9 Å². The number of nitrogens with one attached hydrogen (secondary N) is 1. The van der Waals surface area contributed by atoms with E-state index in [-0.39, 0.29) is 5.91 Å². The Hall–Kier alpha value is -1.55. The minimum absolute atomic E-state index is 0.169. The first-order valence-corrected chi connectivity index (χ1v) is 9.39. The van der Waals surface area contributed by atoms with Crippen LogP contribution in [0.5, 0.6) is 5.75 Å². The Morgan fingerprint density at radius 2 is 1.92 bits per heavy atom. The van der Waals surface area contributed by atoms with Crippen LogP contribution in [0.3, 0.4) is 0 Å². The van der Waals surface area contributed by atoms with Gasteiger partial charge in [-0.2, -0.15) is 0 Å². The fraction of sp³-hybridized carbons (Fsp3) is 0.650. The summed E-state index contributed by atoms with van der Waals surface area (Å²) in [4.78, 5) is 14.7. The minimum Gasteiger partial charge on any atom is -0.496 e. The molecule has 0 saturated heterocycles. The van der Waals surface area contributed by atoms with Gasteiger partial charge in [-0.25, -0.2) is 0 Å². The van der Waals surface area contributed by atoms with Gasteiger partial charge in [-0.1, -0.05) is 37.5 Å². The van der Waals surface area contributed by atoms with Gasteiger partial charge in [0.15, 0.2) is 0 Å². The predicted octanol–water partition coefficient (Wildman–Crippen LogP) is 3.36. The second-order valence-electron chi connectivity index (χ2n) is 7.26. The zero-order valence-electron chi connectivity index (χ0n) is 14.8. The van der Waals surface area contributed by atoms with Crippen LogP contribution in [0.15, 0.2) is 24.3 Å². The average Bonchev–Trinajstić information content (AvgIpc) is 3.46. The lowest BCUT2D eigenvalue weighted by Crippen LogP contribution is -2.40. The molecule has 0 atom stereocenters. The number of carbonyl (C=O) groups is 1. The van der Waals surface area contributed by atoms with Crippen molar-refractivity contribution in [3.63, 3.8) is 0 Å². The van der Waals surface area contributed by atoms with Crippen LogP contribution < -0.4 is 10.1 Å². The van der Waals surface area contributed by atoms with E-state index in [1.54, 1.807) is 7.11 Å². The Bertz CT molecular complexity index is 536. The predicted molar refractivity (Wildman–Crippen MR) is 96.0 cm³/mol. The molecule has 0 aromatic heterocycles. The molecule has 0 aliphatic heterocycles. The third-order valence-electron chi connectivity index (χ3n) is 5.29.